The molecule has 1 saturated carbocycles. The van der Waals surface area contributed by atoms with Crippen LogP contribution in [-0.2, 0) is 11.3 Å². The first-order valence-electron chi connectivity index (χ1n) is 6.79. The average molecular weight is 263 g/mol. The van der Waals surface area contributed by atoms with E-state index in [0.29, 0.717) is 17.7 Å². The Hall–Kier alpha value is -1.39. The molecule has 19 heavy (non-hydrogen) atoms. The van der Waals surface area contributed by atoms with Gasteiger partial charge in [0.2, 0.25) is 0 Å². The quantitative estimate of drug-likeness (QED) is 0.856. The van der Waals surface area contributed by atoms with Crippen molar-refractivity contribution in [2.75, 3.05) is 7.11 Å². The van der Waals surface area contributed by atoms with Crippen LogP contribution in [0.1, 0.15) is 41.6 Å². The van der Waals surface area contributed by atoms with Crippen LogP contribution >= 0.6 is 0 Å². The number of aromatic carboxylic acids is 1. The summed E-state index contributed by atoms with van der Waals surface area (Å²) in [5.74, 6) is -0.883. The monoisotopic (exact) mass is 263 g/mol. The summed E-state index contributed by atoms with van der Waals surface area (Å²) in [7, 11) is 1.77. The maximum absolute atomic E-state index is 10.8. The van der Waals surface area contributed by atoms with Crippen molar-refractivity contribution in [3.8, 4) is 0 Å². The Labute approximate surface area is 113 Å². The maximum Gasteiger partial charge on any atom is 0.335 e. The van der Waals surface area contributed by atoms with Gasteiger partial charge in [-0.2, -0.15) is 0 Å². The van der Waals surface area contributed by atoms with Crippen molar-refractivity contribution in [3.63, 3.8) is 0 Å². The summed E-state index contributed by atoms with van der Waals surface area (Å²) in [4.78, 5) is 10.8. The molecule has 2 atom stereocenters. The molecule has 2 N–H and O–H groups in total. The van der Waals surface area contributed by atoms with E-state index in [1.165, 1.54) is 12.8 Å². The fraction of sp³-hybridized carbons (Fsp3) is 0.533. The molecule has 0 unspecified atom stereocenters. The molecule has 0 saturated heterocycles. The summed E-state index contributed by atoms with van der Waals surface area (Å²) in [6.45, 7) is 0.754. The van der Waals surface area contributed by atoms with Crippen molar-refractivity contribution in [2.24, 2.45) is 0 Å². The Kier molecular flexibility index (Phi) is 4.93. The van der Waals surface area contributed by atoms with E-state index in [9.17, 15) is 4.79 Å². The third kappa shape index (κ3) is 3.78. The second kappa shape index (κ2) is 6.68. The van der Waals surface area contributed by atoms with Gasteiger partial charge in [-0.1, -0.05) is 25.0 Å². The van der Waals surface area contributed by atoms with E-state index in [4.69, 9.17) is 9.84 Å². The van der Waals surface area contributed by atoms with Crippen LogP contribution in [0.2, 0.25) is 0 Å². The molecule has 0 amide bonds. The zero-order valence-corrected chi connectivity index (χ0v) is 11.3. The van der Waals surface area contributed by atoms with Crippen LogP contribution in [-0.4, -0.2) is 30.3 Å². The minimum absolute atomic E-state index is 0.298. The molecule has 0 heterocycles. The van der Waals surface area contributed by atoms with Crippen molar-refractivity contribution in [1.29, 1.82) is 0 Å². The number of carboxylic acid groups (broad SMARTS) is 1. The molecule has 0 bridgehead atoms. The molecule has 1 aliphatic rings. The van der Waals surface area contributed by atoms with E-state index in [-0.39, 0.29) is 0 Å². The standard InChI is InChI=1S/C15H21NO3/c1-19-14-5-3-2-4-13(14)16-10-11-6-8-12(9-7-11)15(17)18/h6-9,13-14,16H,2-5,10H2,1H3,(H,17,18)/t13-,14-/m0/s1. The lowest BCUT2D eigenvalue weighted by molar-refractivity contribution is 0.0413. The zero-order valence-electron chi connectivity index (χ0n) is 11.3. The minimum atomic E-state index is -0.883. The Bertz CT molecular complexity index is 416. The molecule has 1 fully saturated rings. The molecule has 2 rings (SSSR count). The highest BCUT2D eigenvalue weighted by molar-refractivity contribution is 5.87. The van der Waals surface area contributed by atoms with Gasteiger partial charge in [0.15, 0.2) is 0 Å². The first-order chi connectivity index (χ1) is 9.20. The highest BCUT2D eigenvalue weighted by atomic mass is 16.5. The largest absolute Gasteiger partial charge is 0.478 e. The molecule has 0 aromatic heterocycles. The van der Waals surface area contributed by atoms with Crippen LogP contribution in [0.15, 0.2) is 24.3 Å². The molecule has 104 valence electrons. The van der Waals surface area contributed by atoms with E-state index < -0.39 is 5.97 Å². The first-order valence-corrected chi connectivity index (χ1v) is 6.79. The third-order valence-electron chi connectivity index (χ3n) is 3.77. The van der Waals surface area contributed by atoms with Crippen LogP contribution < -0.4 is 5.32 Å². The van der Waals surface area contributed by atoms with Crippen LogP contribution in [0, 0.1) is 0 Å². The van der Waals surface area contributed by atoms with E-state index in [1.54, 1.807) is 19.2 Å². The average Bonchev–Trinajstić information content (AvgIpc) is 2.45. The summed E-state index contributed by atoms with van der Waals surface area (Å²) in [6, 6.07) is 7.42. The lowest BCUT2D eigenvalue weighted by Gasteiger charge is -2.31. The first kappa shape index (κ1) is 14.0. The Morgan fingerprint density at radius 2 is 2.00 bits per heavy atom. The number of rotatable bonds is 5. The molecule has 0 aliphatic heterocycles. The third-order valence-corrected chi connectivity index (χ3v) is 3.77. The number of carboxylic acids is 1. The topological polar surface area (TPSA) is 58.6 Å². The predicted octanol–water partition coefficient (Wildman–Crippen LogP) is 2.43. The second-order valence-electron chi connectivity index (χ2n) is 5.05. The van der Waals surface area contributed by atoms with Gasteiger partial charge in [-0.3, -0.25) is 0 Å². The summed E-state index contributed by atoms with van der Waals surface area (Å²) in [6.07, 6.45) is 5.05. The highest BCUT2D eigenvalue weighted by Crippen LogP contribution is 2.21. The van der Waals surface area contributed by atoms with Crippen molar-refractivity contribution in [3.05, 3.63) is 35.4 Å². The van der Waals surface area contributed by atoms with Crippen LogP contribution in [0.4, 0.5) is 0 Å². The fourth-order valence-electron chi connectivity index (χ4n) is 2.63. The SMILES string of the molecule is CO[C@H]1CCCC[C@@H]1NCc1ccc(C(=O)O)cc1. The fourth-order valence-corrected chi connectivity index (χ4v) is 2.63. The van der Waals surface area contributed by atoms with Gasteiger partial charge in [0.25, 0.3) is 0 Å². The highest BCUT2D eigenvalue weighted by Gasteiger charge is 2.24. The van der Waals surface area contributed by atoms with Crippen LogP contribution in [0.5, 0.6) is 0 Å². The number of hydrogen-bond donors (Lipinski definition) is 2. The maximum atomic E-state index is 10.8. The second-order valence-corrected chi connectivity index (χ2v) is 5.05. The Balaban J connectivity index is 1.88. The molecular formula is C15H21NO3. The number of benzene rings is 1. The molecular weight excluding hydrogens is 242 g/mol. The van der Waals surface area contributed by atoms with E-state index >= 15 is 0 Å². The van der Waals surface area contributed by atoms with Crippen molar-refractivity contribution in [1.82, 2.24) is 5.32 Å². The van der Waals surface area contributed by atoms with Crippen LogP contribution in [0.25, 0.3) is 0 Å². The summed E-state index contributed by atoms with van der Waals surface area (Å²) < 4.78 is 5.50. The molecule has 4 nitrogen and oxygen atoms in total. The summed E-state index contributed by atoms with van der Waals surface area (Å²) in [5.41, 5.74) is 1.43. The van der Waals surface area contributed by atoms with Crippen LogP contribution in [0.3, 0.4) is 0 Å². The van der Waals surface area contributed by atoms with Gasteiger partial charge < -0.3 is 15.2 Å². The zero-order chi connectivity index (χ0) is 13.7. The van der Waals surface area contributed by atoms with Gasteiger partial charge in [0.05, 0.1) is 11.7 Å². The Morgan fingerprint density at radius 3 is 2.63 bits per heavy atom. The normalized spacial score (nSPS) is 23.2. The Morgan fingerprint density at radius 1 is 1.32 bits per heavy atom. The summed E-state index contributed by atoms with van der Waals surface area (Å²) >= 11 is 0. The molecule has 1 aliphatic carbocycles. The number of hydrogen-bond acceptors (Lipinski definition) is 3. The minimum Gasteiger partial charge on any atom is -0.478 e. The van der Waals surface area contributed by atoms with E-state index in [0.717, 1.165) is 24.9 Å². The predicted molar refractivity (Wildman–Crippen MR) is 73.3 cm³/mol. The van der Waals surface area contributed by atoms with Crippen molar-refractivity contribution >= 4 is 5.97 Å². The molecule has 0 spiro atoms. The smallest absolute Gasteiger partial charge is 0.335 e. The molecule has 1 aromatic carbocycles. The van der Waals surface area contributed by atoms with Gasteiger partial charge in [0, 0.05) is 19.7 Å². The number of carbonyl (C=O) groups is 1. The molecule has 0 radical (unpaired) electrons. The van der Waals surface area contributed by atoms with Gasteiger partial charge in [0.1, 0.15) is 0 Å². The number of ether oxygens (including phenoxy) is 1. The van der Waals surface area contributed by atoms with Gasteiger partial charge in [-0.05, 0) is 30.5 Å². The number of methoxy groups -OCH3 is 1. The lowest BCUT2D eigenvalue weighted by atomic mass is 9.92. The van der Waals surface area contributed by atoms with E-state index in [1.807, 2.05) is 12.1 Å². The van der Waals surface area contributed by atoms with Gasteiger partial charge >= 0.3 is 5.97 Å². The molecule has 1 aromatic rings. The van der Waals surface area contributed by atoms with E-state index in [2.05, 4.69) is 5.32 Å². The number of nitrogens with one attached hydrogen (secondary N) is 1. The van der Waals surface area contributed by atoms with Gasteiger partial charge in [-0.25, -0.2) is 4.79 Å². The van der Waals surface area contributed by atoms with Crippen molar-refractivity contribution < 1.29 is 14.6 Å². The summed E-state index contributed by atoms with van der Waals surface area (Å²) in [5, 5.41) is 12.4. The van der Waals surface area contributed by atoms with Crippen molar-refractivity contribution in [2.45, 2.75) is 44.4 Å². The molecule has 4 heteroatoms. The lowest BCUT2D eigenvalue weighted by Crippen LogP contribution is -2.42. The van der Waals surface area contributed by atoms with Gasteiger partial charge in [-0.15, -0.1) is 0 Å².